The summed E-state index contributed by atoms with van der Waals surface area (Å²) in [5.41, 5.74) is 5.14. The van der Waals surface area contributed by atoms with Gasteiger partial charge in [0.25, 0.3) is 5.91 Å². The van der Waals surface area contributed by atoms with Crippen LogP contribution in [0.2, 0.25) is 0 Å². The molecule has 1 amide bonds. The van der Waals surface area contributed by atoms with Crippen molar-refractivity contribution in [2.75, 3.05) is 6.54 Å². The Bertz CT molecular complexity index is 106. The molecule has 0 aliphatic carbocycles. The molecule has 0 aromatic carbocycles. The molecular weight excluding hydrogens is 196 g/mol. The Morgan fingerprint density at radius 3 is 2.70 bits per heavy atom. The first kappa shape index (κ1) is 12.3. The summed E-state index contributed by atoms with van der Waals surface area (Å²) in [5, 5.41) is 0. The van der Waals surface area contributed by atoms with Crippen LogP contribution in [0.1, 0.15) is 13.3 Å². The van der Waals surface area contributed by atoms with Crippen LogP contribution in [0, 0.1) is 0 Å². The molecule has 0 saturated carbocycles. The Balaban J connectivity index is 0. The van der Waals surface area contributed by atoms with Crippen molar-refractivity contribution in [2.45, 2.75) is 13.3 Å². The van der Waals surface area contributed by atoms with E-state index in [1.54, 1.807) is 0 Å². The highest BCUT2D eigenvalue weighted by Crippen LogP contribution is 1.66. The van der Waals surface area contributed by atoms with Crippen molar-refractivity contribution >= 4 is 22.9 Å². The third-order valence-corrected chi connectivity index (χ3v) is 0.772. The van der Waals surface area contributed by atoms with E-state index in [-0.39, 0.29) is 22.9 Å². The van der Waals surface area contributed by atoms with Gasteiger partial charge in [0.05, 0.1) is 0 Å². The van der Waals surface area contributed by atoms with Gasteiger partial charge in [-0.3, -0.25) is 10.2 Å². The zero-order valence-corrected chi connectivity index (χ0v) is 7.73. The summed E-state index contributed by atoms with van der Waals surface area (Å²) in [6.45, 7) is 6.10. The third-order valence-electron chi connectivity index (χ3n) is 0.772. The molecule has 2 N–H and O–H groups in total. The van der Waals surface area contributed by atoms with E-state index in [1.165, 1.54) is 6.08 Å². The first-order valence-corrected chi connectivity index (χ1v) is 2.96. The number of amides is 1. The SMILES string of the molecule is Br.C=CC(=O)NNCCC. The molecule has 0 spiro atoms. The maximum Gasteiger partial charge on any atom is 0.257 e. The second kappa shape index (κ2) is 8.65. The molecule has 0 aromatic rings. The van der Waals surface area contributed by atoms with E-state index < -0.39 is 0 Å². The summed E-state index contributed by atoms with van der Waals surface area (Å²) in [5.74, 6) is -0.191. The van der Waals surface area contributed by atoms with Crippen LogP contribution in [-0.4, -0.2) is 12.5 Å². The number of rotatable bonds is 4. The lowest BCUT2D eigenvalue weighted by Gasteiger charge is -2.00. The van der Waals surface area contributed by atoms with Crippen molar-refractivity contribution in [2.24, 2.45) is 0 Å². The van der Waals surface area contributed by atoms with Gasteiger partial charge < -0.3 is 0 Å². The molecule has 0 aliphatic rings. The molecule has 3 nitrogen and oxygen atoms in total. The highest BCUT2D eigenvalue weighted by Gasteiger charge is 1.87. The first-order valence-electron chi connectivity index (χ1n) is 2.96. The molecule has 60 valence electrons. The maximum absolute atomic E-state index is 10.4. The molecular formula is C6H13BrN2O. The van der Waals surface area contributed by atoms with Crippen LogP contribution in [0.4, 0.5) is 0 Å². The third kappa shape index (κ3) is 7.65. The fraction of sp³-hybridized carbons (Fsp3) is 0.500. The van der Waals surface area contributed by atoms with Crippen LogP contribution in [0.3, 0.4) is 0 Å². The fourth-order valence-electron chi connectivity index (χ4n) is 0.326. The minimum Gasteiger partial charge on any atom is -0.288 e. The van der Waals surface area contributed by atoms with Crippen molar-refractivity contribution in [3.05, 3.63) is 12.7 Å². The lowest BCUT2D eigenvalue weighted by Crippen LogP contribution is -2.36. The van der Waals surface area contributed by atoms with Gasteiger partial charge in [-0.2, -0.15) is 0 Å². The number of hydrogen-bond acceptors (Lipinski definition) is 2. The van der Waals surface area contributed by atoms with Crippen molar-refractivity contribution in [1.29, 1.82) is 0 Å². The first-order chi connectivity index (χ1) is 4.31. The van der Waals surface area contributed by atoms with Crippen LogP contribution in [0.25, 0.3) is 0 Å². The molecule has 0 unspecified atom stereocenters. The summed E-state index contributed by atoms with van der Waals surface area (Å²) < 4.78 is 0. The van der Waals surface area contributed by atoms with Gasteiger partial charge in [0, 0.05) is 6.54 Å². The summed E-state index contributed by atoms with van der Waals surface area (Å²) in [6, 6.07) is 0. The molecule has 0 atom stereocenters. The van der Waals surface area contributed by atoms with Crippen LogP contribution < -0.4 is 10.9 Å². The number of hydrazine groups is 1. The Kier molecular flexibility index (Phi) is 10.7. The standard InChI is InChI=1S/C6H12N2O.BrH/c1-3-5-7-8-6(9)4-2;/h4,7H,2-3,5H2,1H3,(H,8,9);1H. The van der Waals surface area contributed by atoms with E-state index in [4.69, 9.17) is 0 Å². The fourth-order valence-corrected chi connectivity index (χ4v) is 0.326. The predicted octanol–water partition coefficient (Wildman–Crippen LogP) is 0.781. The quantitative estimate of drug-likeness (QED) is 0.408. The van der Waals surface area contributed by atoms with Crippen LogP contribution in [0.15, 0.2) is 12.7 Å². The minimum absolute atomic E-state index is 0. The molecule has 10 heavy (non-hydrogen) atoms. The van der Waals surface area contributed by atoms with Crippen LogP contribution >= 0.6 is 17.0 Å². The molecule has 0 radical (unpaired) electrons. The van der Waals surface area contributed by atoms with Crippen LogP contribution in [-0.2, 0) is 4.79 Å². The molecule has 0 aromatic heterocycles. The van der Waals surface area contributed by atoms with E-state index in [1.807, 2.05) is 6.92 Å². The zero-order chi connectivity index (χ0) is 7.11. The second-order valence-corrected chi connectivity index (χ2v) is 1.62. The summed E-state index contributed by atoms with van der Waals surface area (Å²) in [4.78, 5) is 10.4. The van der Waals surface area contributed by atoms with Gasteiger partial charge in [0.2, 0.25) is 0 Å². The van der Waals surface area contributed by atoms with Crippen molar-refractivity contribution < 1.29 is 4.79 Å². The Morgan fingerprint density at radius 2 is 2.30 bits per heavy atom. The average molecular weight is 209 g/mol. The van der Waals surface area contributed by atoms with Gasteiger partial charge in [-0.15, -0.1) is 17.0 Å². The van der Waals surface area contributed by atoms with E-state index in [0.29, 0.717) is 0 Å². The van der Waals surface area contributed by atoms with Gasteiger partial charge in [-0.05, 0) is 12.5 Å². The lowest BCUT2D eigenvalue weighted by molar-refractivity contribution is -0.117. The Labute approximate surface area is 71.6 Å². The normalized spacial score (nSPS) is 7.70. The molecule has 0 fully saturated rings. The number of nitrogens with one attached hydrogen (secondary N) is 2. The van der Waals surface area contributed by atoms with Gasteiger partial charge in [-0.1, -0.05) is 13.5 Å². The van der Waals surface area contributed by atoms with Crippen molar-refractivity contribution in [3.63, 3.8) is 0 Å². The predicted molar refractivity (Wildman–Crippen MR) is 47.0 cm³/mol. The second-order valence-electron chi connectivity index (χ2n) is 1.62. The number of halogens is 1. The Hall–Kier alpha value is -0.350. The lowest BCUT2D eigenvalue weighted by atomic mass is 10.5. The zero-order valence-electron chi connectivity index (χ0n) is 6.02. The molecule has 0 rings (SSSR count). The van der Waals surface area contributed by atoms with Gasteiger partial charge in [-0.25, -0.2) is 5.43 Å². The van der Waals surface area contributed by atoms with E-state index in [0.717, 1.165) is 13.0 Å². The minimum atomic E-state index is -0.191. The smallest absolute Gasteiger partial charge is 0.257 e. The van der Waals surface area contributed by atoms with Gasteiger partial charge in [0.15, 0.2) is 0 Å². The maximum atomic E-state index is 10.4. The molecule has 0 heterocycles. The highest BCUT2D eigenvalue weighted by molar-refractivity contribution is 8.93. The summed E-state index contributed by atoms with van der Waals surface area (Å²) in [7, 11) is 0. The van der Waals surface area contributed by atoms with E-state index >= 15 is 0 Å². The summed E-state index contributed by atoms with van der Waals surface area (Å²) >= 11 is 0. The highest BCUT2D eigenvalue weighted by atomic mass is 79.9. The van der Waals surface area contributed by atoms with Crippen molar-refractivity contribution in [1.82, 2.24) is 10.9 Å². The van der Waals surface area contributed by atoms with E-state index in [2.05, 4.69) is 17.4 Å². The molecule has 0 aliphatic heterocycles. The van der Waals surface area contributed by atoms with Crippen molar-refractivity contribution in [3.8, 4) is 0 Å². The van der Waals surface area contributed by atoms with E-state index in [9.17, 15) is 4.79 Å². The number of hydrogen-bond donors (Lipinski definition) is 2. The van der Waals surface area contributed by atoms with Gasteiger partial charge >= 0.3 is 0 Å². The van der Waals surface area contributed by atoms with Crippen LogP contribution in [0.5, 0.6) is 0 Å². The van der Waals surface area contributed by atoms with Gasteiger partial charge in [0.1, 0.15) is 0 Å². The topological polar surface area (TPSA) is 41.1 Å². The number of carbonyl (C=O) groups excluding carboxylic acids is 1. The molecule has 4 heteroatoms. The largest absolute Gasteiger partial charge is 0.288 e. The monoisotopic (exact) mass is 208 g/mol. The summed E-state index contributed by atoms with van der Waals surface area (Å²) in [6.07, 6.45) is 2.22. The Morgan fingerprint density at radius 1 is 1.70 bits per heavy atom. The number of carbonyl (C=O) groups is 1. The molecule has 0 saturated heterocycles. The molecule has 0 bridgehead atoms. The average Bonchev–Trinajstić information content (AvgIpc) is 1.89.